The van der Waals surface area contributed by atoms with E-state index in [9.17, 15) is 19.7 Å². The maximum atomic E-state index is 12.6. The van der Waals surface area contributed by atoms with E-state index in [-0.39, 0.29) is 48.1 Å². The number of amides is 1. The lowest BCUT2D eigenvalue weighted by Gasteiger charge is -2.32. The van der Waals surface area contributed by atoms with Gasteiger partial charge in [0, 0.05) is 36.4 Å². The Morgan fingerprint density at radius 3 is 2.30 bits per heavy atom. The number of anilines is 1. The fraction of sp³-hybridized carbons (Fsp3) is 0.556. The smallest absolute Gasteiger partial charge is 0.341 e. The molecule has 0 aliphatic rings. The molecule has 27 heavy (non-hydrogen) atoms. The molecule has 0 radical (unpaired) electrons. The third kappa shape index (κ3) is 5.92. The van der Waals surface area contributed by atoms with Crippen molar-refractivity contribution in [2.24, 2.45) is 0 Å². The predicted molar refractivity (Wildman–Crippen MR) is 101 cm³/mol. The molecule has 1 aromatic rings. The Bertz CT molecular complexity index is 682. The number of aliphatic hydroxyl groups is 1. The highest BCUT2D eigenvalue weighted by molar-refractivity contribution is 5.98. The van der Waals surface area contributed by atoms with E-state index in [2.05, 4.69) is 5.32 Å². The summed E-state index contributed by atoms with van der Waals surface area (Å²) in [5.74, 6) is -1.20. The zero-order valence-electron chi connectivity index (χ0n) is 16.3. The summed E-state index contributed by atoms with van der Waals surface area (Å²) in [6.07, 6.45) is -1.05. The fourth-order valence-electron chi connectivity index (χ4n) is 2.75. The number of hydrogen-bond acceptors (Lipinski definition) is 7. The van der Waals surface area contributed by atoms with Gasteiger partial charge in [0.05, 0.1) is 17.1 Å². The van der Waals surface area contributed by atoms with Gasteiger partial charge in [0.1, 0.15) is 0 Å². The van der Waals surface area contributed by atoms with E-state index < -0.39 is 17.0 Å². The molecule has 0 unspecified atom stereocenters. The van der Waals surface area contributed by atoms with Crippen molar-refractivity contribution in [1.82, 2.24) is 4.90 Å². The van der Waals surface area contributed by atoms with Gasteiger partial charge in [-0.3, -0.25) is 14.9 Å². The number of nitro groups is 1. The molecule has 0 heterocycles. The van der Waals surface area contributed by atoms with Gasteiger partial charge >= 0.3 is 5.97 Å². The highest BCUT2D eigenvalue weighted by atomic mass is 16.6. The Kier molecular flexibility index (Phi) is 8.17. The molecule has 0 fully saturated rings. The molecule has 1 aromatic carbocycles. The molecule has 1 amide bonds. The quantitative estimate of drug-likeness (QED) is 0.382. The van der Waals surface area contributed by atoms with Crippen LogP contribution < -0.4 is 5.32 Å². The van der Waals surface area contributed by atoms with E-state index in [0.29, 0.717) is 0 Å². The molecule has 0 aromatic heterocycles. The van der Waals surface area contributed by atoms with Crippen LogP contribution in [0, 0.1) is 10.1 Å². The molecular weight excluding hydrogens is 354 g/mol. The van der Waals surface area contributed by atoms with Crippen molar-refractivity contribution in [3.8, 4) is 0 Å². The molecule has 0 bridgehead atoms. The third-order valence-corrected chi connectivity index (χ3v) is 3.86. The van der Waals surface area contributed by atoms with Crippen molar-refractivity contribution < 1.29 is 24.4 Å². The van der Waals surface area contributed by atoms with Crippen molar-refractivity contribution in [3.05, 3.63) is 33.9 Å². The average molecular weight is 381 g/mol. The third-order valence-electron chi connectivity index (χ3n) is 3.86. The lowest BCUT2D eigenvalue weighted by molar-refractivity contribution is -0.384. The molecule has 0 aliphatic heterocycles. The second-order valence-corrected chi connectivity index (χ2v) is 6.62. The number of aliphatic hydroxyl groups excluding tert-OH is 1. The van der Waals surface area contributed by atoms with Gasteiger partial charge in [0.15, 0.2) is 6.10 Å². The lowest BCUT2D eigenvalue weighted by atomic mass is 10.1. The highest BCUT2D eigenvalue weighted by Gasteiger charge is 2.29. The predicted octanol–water partition coefficient (Wildman–Crippen LogP) is 2.19. The van der Waals surface area contributed by atoms with Crippen LogP contribution in [0.1, 0.15) is 45.0 Å². The number of carbonyl (C=O) groups is 2. The van der Waals surface area contributed by atoms with Crippen LogP contribution in [0.4, 0.5) is 11.4 Å². The van der Waals surface area contributed by atoms with Crippen molar-refractivity contribution >= 4 is 23.3 Å². The zero-order chi connectivity index (χ0) is 20.7. The van der Waals surface area contributed by atoms with Gasteiger partial charge in [0.25, 0.3) is 11.6 Å². The van der Waals surface area contributed by atoms with Gasteiger partial charge in [-0.05, 0) is 40.7 Å². The Hall–Kier alpha value is -2.68. The first-order valence-electron chi connectivity index (χ1n) is 8.76. The van der Waals surface area contributed by atoms with Crippen LogP contribution in [0.5, 0.6) is 0 Å². The molecule has 0 spiro atoms. The van der Waals surface area contributed by atoms with Gasteiger partial charge < -0.3 is 20.1 Å². The van der Waals surface area contributed by atoms with Crippen molar-refractivity contribution in [3.63, 3.8) is 0 Å². The van der Waals surface area contributed by atoms with Crippen molar-refractivity contribution in [1.29, 1.82) is 0 Å². The van der Waals surface area contributed by atoms with Crippen molar-refractivity contribution in [2.45, 2.75) is 52.8 Å². The molecule has 9 heteroatoms. The minimum atomic E-state index is -1.05. The summed E-state index contributed by atoms with van der Waals surface area (Å²) >= 11 is 0. The van der Waals surface area contributed by atoms with Crippen molar-refractivity contribution in [2.75, 3.05) is 18.5 Å². The normalized spacial score (nSPS) is 12.0. The first kappa shape index (κ1) is 22.4. The van der Waals surface area contributed by atoms with Crippen LogP contribution in [0.15, 0.2) is 18.2 Å². The standard InChI is InChI=1S/C18H27N3O6/c1-11(2)20(12(3)4)17(23)13(5)27-18(24)15-10-14(21(25)26)6-7-16(15)19-8-9-22/h6-7,10-13,19,22H,8-9H2,1-5H3/t13-/m1/s1. The summed E-state index contributed by atoms with van der Waals surface area (Å²) in [5, 5.41) is 22.8. The Balaban J connectivity index is 3.07. The molecule has 0 aliphatic carbocycles. The van der Waals surface area contributed by atoms with Crippen LogP contribution in [0.25, 0.3) is 0 Å². The van der Waals surface area contributed by atoms with E-state index in [1.165, 1.54) is 19.1 Å². The Labute approximate surface area is 158 Å². The second kappa shape index (κ2) is 9.86. The number of esters is 1. The number of rotatable bonds is 9. The molecular formula is C18H27N3O6. The van der Waals surface area contributed by atoms with E-state index in [1.54, 1.807) is 4.90 Å². The summed E-state index contributed by atoms with van der Waals surface area (Å²) in [7, 11) is 0. The summed E-state index contributed by atoms with van der Waals surface area (Å²) in [5.41, 5.74) is -0.0664. The van der Waals surface area contributed by atoms with Gasteiger partial charge in [-0.2, -0.15) is 0 Å². The maximum Gasteiger partial charge on any atom is 0.341 e. The number of ether oxygens (including phenoxy) is 1. The number of non-ortho nitro benzene ring substituents is 1. The first-order valence-corrected chi connectivity index (χ1v) is 8.76. The minimum absolute atomic E-state index is 0.0711. The molecule has 0 saturated heterocycles. The molecule has 150 valence electrons. The van der Waals surface area contributed by atoms with Crippen LogP contribution in [-0.2, 0) is 9.53 Å². The van der Waals surface area contributed by atoms with Crippen LogP contribution >= 0.6 is 0 Å². The maximum absolute atomic E-state index is 12.6. The molecule has 9 nitrogen and oxygen atoms in total. The van der Waals surface area contributed by atoms with Crippen LogP contribution in [-0.4, -0.2) is 58.1 Å². The lowest BCUT2D eigenvalue weighted by Crippen LogP contribution is -2.47. The number of benzene rings is 1. The monoisotopic (exact) mass is 381 g/mol. The van der Waals surface area contributed by atoms with Gasteiger partial charge in [0.2, 0.25) is 0 Å². The van der Waals surface area contributed by atoms with E-state index in [0.717, 1.165) is 6.07 Å². The molecule has 1 atom stereocenters. The largest absolute Gasteiger partial charge is 0.449 e. The van der Waals surface area contributed by atoms with E-state index in [1.807, 2.05) is 27.7 Å². The summed E-state index contributed by atoms with van der Waals surface area (Å²) in [4.78, 5) is 37.2. The van der Waals surface area contributed by atoms with Gasteiger partial charge in [-0.25, -0.2) is 4.79 Å². The van der Waals surface area contributed by atoms with Gasteiger partial charge in [-0.15, -0.1) is 0 Å². The summed E-state index contributed by atoms with van der Waals surface area (Å²) < 4.78 is 5.28. The fourth-order valence-corrected chi connectivity index (χ4v) is 2.75. The molecule has 2 N–H and O–H groups in total. The Morgan fingerprint density at radius 2 is 1.81 bits per heavy atom. The summed E-state index contributed by atoms with van der Waals surface area (Å²) in [6.45, 7) is 8.90. The number of carbonyl (C=O) groups excluding carboxylic acids is 2. The number of nitro benzene ring substituents is 1. The van der Waals surface area contributed by atoms with Gasteiger partial charge in [-0.1, -0.05) is 0 Å². The molecule has 0 saturated carbocycles. The highest BCUT2D eigenvalue weighted by Crippen LogP contribution is 2.24. The van der Waals surface area contributed by atoms with E-state index >= 15 is 0 Å². The Morgan fingerprint density at radius 1 is 1.22 bits per heavy atom. The summed E-state index contributed by atoms with van der Waals surface area (Å²) in [6, 6.07) is 3.55. The number of nitrogens with zero attached hydrogens (tertiary/aromatic N) is 2. The number of nitrogens with one attached hydrogen (secondary N) is 1. The zero-order valence-corrected chi connectivity index (χ0v) is 16.3. The minimum Gasteiger partial charge on any atom is -0.449 e. The SMILES string of the molecule is CC(C)N(C(=O)[C@@H](C)OC(=O)c1cc([N+](=O)[O-])ccc1NCCO)C(C)C. The molecule has 1 rings (SSSR count). The first-order chi connectivity index (χ1) is 12.6. The van der Waals surface area contributed by atoms with Crippen LogP contribution in [0.3, 0.4) is 0 Å². The number of hydrogen-bond donors (Lipinski definition) is 2. The second-order valence-electron chi connectivity index (χ2n) is 6.62. The van der Waals surface area contributed by atoms with Crippen LogP contribution in [0.2, 0.25) is 0 Å². The average Bonchev–Trinajstić information content (AvgIpc) is 2.58. The topological polar surface area (TPSA) is 122 Å². The van der Waals surface area contributed by atoms with E-state index in [4.69, 9.17) is 9.84 Å².